The summed E-state index contributed by atoms with van der Waals surface area (Å²) >= 11 is 12.5. The number of thiocarbonyl (C=S) groups is 1. The maximum absolute atomic E-state index is 11.9. The number of carbonyl (C=O) groups excluding carboxylic acids is 2. The van der Waals surface area contributed by atoms with E-state index < -0.39 is 0 Å². The molecule has 0 aliphatic heterocycles. The van der Waals surface area contributed by atoms with Crippen molar-refractivity contribution in [3.63, 3.8) is 0 Å². The Balaban J connectivity index is 1.72. The van der Waals surface area contributed by atoms with Crippen molar-refractivity contribution in [2.45, 2.75) is 12.8 Å². The summed E-state index contributed by atoms with van der Waals surface area (Å²) in [6, 6.07) is 11.0. The zero-order chi connectivity index (χ0) is 17.4. The van der Waals surface area contributed by atoms with Crippen LogP contribution in [0.1, 0.15) is 16.9 Å². The van der Waals surface area contributed by atoms with Crippen molar-refractivity contribution in [1.29, 1.82) is 0 Å². The van der Waals surface area contributed by atoms with Crippen molar-refractivity contribution >= 4 is 57.8 Å². The van der Waals surface area contributed by atoms with Crippen LogP contribution in [0.25, 0.3) is 6.08 Å². The molecule has 124 valence electrons. The van der Waals surface area contributed by atoms with Gasteiger partial charge in [-0.3, -0.25) is 9.59 Å². The standard InChI is InChI=1S/C18H16ClNO2S2/c19-14-6-3-13(4-7-14)5-8-15(21)10-16(23)12-20-18(22)11-17-2-1-9-24-17/h1-9H,10-12H2,(H,20,22)/b8-5+. The lowest BCUT2D eigenvalue weighted by molar-refractivity contribution is -0.120. The Labute approximate surface area is 155 Å². The first-order valence-electron chi connectivity index (χ1n) is 7.30. The number of nitrogens with one attached hydrogen (secondary N) is 1. The fourth-order valence-electron chi connectivity index (χ4n) is 1.91. The lowest BCUT2D eigenvalue weighted by Crippen LogP contribution is -2.30. The summed E-state index contributed by atoms with van der Waals surface area (Å²) in [5.74, 6) is -0.189. The highest BCUT2D eigenvalue weighted by molar-refractivity contribution is 7.80. The van der Waals surface area contributed by atoms with E-state index in [1.54, 1.807) is 18.2 Å². The van der Waals surface area contributed by atoms with E-state index in [0.717, 1.165) is 10.4 Å². The van der Waals surface area contributed by atoms with Gasteiger partial charge in [-0.1, -0.05) is 48.1 Å². The van der Waals surface area contributed by atoms with Crippen LogP contribution in [0.2, 0.25) is 5.02 Å². The molecule has 0 bridgehead atoms. The van der Waals surface area contributed by atoms with Crippen LogP contribution in [0.4, 0.5) is 0 Å². The molecule has 2 rings (SSSR count). The molecule has 24 heavy (non-hydrogen) atoms. The summed E-state index contributed by atoms with van der Waals surface area (Å²) in [4.78, 5) is 25.2. The van der Waals surface area contributed by atoms with Gasteiger partial charge in [0.15, 0.2) is 5.78 Å². The molecule has 0 aliphatic rings. The third-order valence-electron chi connectivity index (χ3n) is 3.10. The van der Waals surface area contributed by atoms with Crippen LogP contribution in [-0.4, -0.2) is 23.1 Å². The van der Waals surface area contributed by atoms with Crippen molar-refractivity contribution in [1.82, 2.24) is 5.32 Å². The van der Waals surface area contributed by atoms with Gasteiger partial charge in [0.1, 0.15) is 0 Å². The molecule has 3 nitrogen and oxygen atoms in total. The number of carbonyl (C=O) groups is 2. The number of amides is 1. The number of ketones is 1. The largest absolute Gasteiger partial charge is 0.351 e. The molecule has 6 heteroatoms. The molecule has 0 saturated heterocycles. The highest BCUT2D eigenvalue weighted by atomic mass is 35.5. The molecule has 1 aromatic carbocycles. The van der Waals surface area contributed by atoms with Gasteiger partial charge in [0.2, 0.25) is 5.91 Å². The maximum atomic E-state index is 11.9. The van der Waals surface area contributed by atoms with Crippen LogP contribution in [0, 0.1) is 0 Å². The smallest absolute Gasteiger partial charge is 0.225 e. The van der Waals surface area contributed by atoms with Gasteiger partial charge < -0.3 is 5.32 Å². The first-order chi connectivity index (χ1) is 11.5. The third-order valence-corrected chi connectivity index (χ3v) is 4.52. The first kappa shape index (κ1) is 18.5. The number of hydrogen-bond donors (Lipinski definition) is 1. The molecule has 1 amide bonds. The summed E-state index contributed by atoms with van der Waals surface area (Å²) in [7, 11) is 0. The number of thiophene rings is 1. The van der Waals surface area contributed by atoms with E-state index in [-0.39, 0.29) is 24.7 Å². The molecule has 2 aromatic rings. The molecule has 0 spiro atoms. The van der Waals surface area contributed by atoms with Gasteiger partial charge in [-0.05, 0) is 35.2 Å². The Kier molecular flexibility index (Phi) is 7.31. The minimum Gasteiger partial charge on any atom is -0.351 e. The molecule has 1 heterocycles. The Morgan fingerprint density at radius 3 is 2.62 bits per heavy atom. The topological polar surface area (TPSA) is 46.2 Å². The molecular formula is C18H16ClNO2S2. The second-order valence-corrected chi connectivity index (χ2v) is 7.15. The van der Waals surface area contributed by atoms with Crippen molar-refractivity contribution in [3.05, 3.63) is 63.3 Å². The second-order valence-electron chi connectivity index (χ2n) is 5.10. The van der Waals surface area contributed by atoms with E-state index in [2.05, 4.69) is 5.32 Å². The molecule has 0 fully saturated rings. The van der Waals surface area contributed by atoms with Crippen molar-refractivity contribution in [3.8, 4) is 0 Å². The van der Waals surface area contributed by atoms with Crippen molar-refractivity contribution < 1.29 is 9.59 Å². The van der Waals surface area contributed by atoms with Gasteiger partial charge >= 0.3 is 0 Å². The van der Waals surface area contributed by atoms with Crippen molar-refractivity contribution in [2.24, 2.45) is 0 Å². The van der Waals surface area contributed by atoms with E-state index >= 15 is 0 Å². The van der Waals surface area contributed by atoms with Crippen LogP contribution in [0.3, 0.4) is 0 Å². The fraction of sp³-hybridized carbons (Fsp3) is 0.167. The average molecular weight is 378 g/mol. The van der Waals surface area contributed by atoms with Gasteiger partial charge in [0.05, 0.1) is 6.42 Å². The normalized spacial score (nSPS) is 10.7. The number of halogens is 1. The molecule has 1 aromatic heterocycles. The molecule has 0 radical (unpaired) electrons. The molecule has 0 atom stereocenters. The van der Waals surface area contributed by atoms with Gasteiger partial charge in [-0.25, -0.2) is 0 Å². The Morgan fingerprint density at radius 2 is 1.96 bits per heavy atom. The van der Waals surface area contributed by atoms with Gasteiger partial charge in [0, 0.05) is 27.7 Å². The Hall–Kier alpha value is -1.82. The zero-order valence-electron chi connectivity index (χ0n) is 12.8. The van der Waals surface area contributed by atoms with E-state index in [9.17, 15) is 9.59 Å². The van der Waals surface area contributed by atoms with E-state index in [0.29, 0.717) is 16.3 Å². The molecule has 0 aliphatic carbocycles. The fourth-order valence-corrected chi connectivity index (χ4v) is 2.95. The predicted molar refractivity (Wildman–Crippen MR) is 104 cm³/mol. The van der Waals surface area contributed by atoms with Gasteiger partial charge in [-0.15, -0.1) is 11.3 Å². The monoisotopic (exact) mass is 377 g/mol. The number of rotatable bonds is 8. The third kappa shape index (κ3) is 6.74. The molecule has 1 N–H and O–H groups in total. The molecular weight excluding hydrogens is 362 g/mol. The van der Waals surface area contributed by atoms with Gasteiger partial charge in [0.25, 0.3) is 0 Å². The minimum atomic E-state index is -0.0949. The van der Waals surface area contributed by atoms with Crippen LogP contribution in [-0.2, 0) is 16.0 Å². The Bertz CT molecular complexity index is 737. The van der Waals surface area contributed by atoms with Crippen molar-refractivity contribution in [2.75, 3.05) is 6.54 Å². The average Bonchev–Trinajstić information content (AvgIpc) is 3.05. The maximum Gasteiger partial charge on any atom is 0.225 e. The summed E-state index contributed by atoms with van der Waals surface area (Å²) in [5.41, 5.74) is 0.892. The zero-order valence-corrected chi connectivity index (χ0v) is 15.2. The van der Waals surface area contributed by atoms with Crippen LogP contribution >= 0.6 is 35.2 Å². The highest BCUT2D eigenvalue weighted by Gasteiger charge is 2.07. The Morgan fingerprint density at radius 1 is 1.21 bits per heavy atom. The number of hydrogen-bond acceptors (Lipinski definition) is 4. The van der Waals surface area contributed by atoms with Crippen LogP contribution in [0.15, 0.2) is 47.9 Å². The lowest BCUT2D eigenvalue weighted by atomic mass is 10.1. The number of benzene rings is 1. The van der Waals surface area contributed by atoms with E-state index in [4.69, 9.17) is 23.8 Å². The van der Waals surface area contributed by atoms with Gasteiger partial charge in [-0.2, -0.15) is 0 Å². The first-order valence-corrected chi connectivity index (χ1v) is 8.97. The lowest BCUT2D eigenvalue weighted by Gasteiger charge is -2.04. The van der Waals surface area contributed by atoms with Crippen LogP contribution < -0.4 is 5.32 Å². The molecule has 0 unspecified atom stereocenters. The minimum absolute atomic E-state index is 0.0936. The quantitative estimate of drug-likeness (QED) is 0.556. The predicted octanol–water partition coefficient (Wildman–Crippen LogP) is 4.10. The summed E-state index contributed by atoms with van der Waals surface area (Å²) < 4.78 is 0. The van der Waals surface area contributed by atoms with E-state index in [1.165, 1.54) is 17.4 Å². The van der Waals surface area contributed by atoms with E-state index in [1.807, 2.05) is 29.6 Å². The highest BCUT2D eigenvalue weighted by Crippen LogP contribution is 2.11. The summed E-state index contributed by atoms with van der Waals surface area (Å²) in [5, 5.41) is 5.32. The SMILES string of the molecule is O=C(/C=C/c1ccc(Cl)cc1)CC(=S)CNC(=O)Cc1cccs1. The summed E-state index contributed by atoms with van der Waals surface area (Å²) in [6.07, 6.45) is 3.68. The second kappa shape index (κ2) is 9.47. The summed E-state index contributed by atoms with van der Waals surface area (Å²) in [6.45, 7) is 0.236. The number of allylic oxidation sites excluding steroid dienone is 1. The van der Waals surface area contributed by atoms with Crippen LogP contribution in [0.5, 0.6) is 0 Å². The molecule has 0 saturated carbocycles.